The van der Waals surface area contributed by atoms with Gasteiger partial charge in [0.1, 0.15) is 5.84 Å². The Labute approximate surface area is 141 Å². The number of amidine groups is 2. The van der Waals surface area contributed by atoms with E-state index in [0.29, 0.717) is 17.0 Å². The number of nitrogens with one attached hydrogen (secondary N) is 3. The van der Waals surface area contributed by atoms with Crippen molar-refractivity contribution in [1.82, 2.24) is 10.2 Å². The molecular weight excluding hydrogens is 304 g/mol. The van der Waals surface area contributed by atoms with Gasteiger partial charge >= 0.3 is 0 Å². The predicted molar refractivity (Wildman–Crippen MR) is 96.9 cm³/mol. The quantitative estimate of drug-likeness (QED) is 0.770. The van der Waals surface area contributed by atoms with E-state index in [-0.39, 0.29) is 0 Å². The summed E-state index contributed by atoms with van der Waals surface area (Å²) in [5.74, 6) is 0.330. The van der Waals surface area contributed by atoms with E-state index in [0.717, 1.165) is 16.5 Å². The number of benzene rings is 1. The van der Waals surface area contributed by atoms with Crippen LogP contribution in [-0.2, 0) is 0 Å². The molecule has 0 saturated carbocycles. The second-order valence-electron chi connectivity index (χ2n) is 6.59. The highest BCUT2D eigenvalue weighted by Gasteiger charge is 2.35. The van der Waals surface area contributed by atoms with Gasteiger partial charge in [-0.05, 0) is 61.2 Å². The molecule has 3 N–H and O–H groups in total. The average molecular weight is 326 g/mol. The van der Waals surface area contributed by atoms with Crippen molar-refractivity contribution < 1.29 is 0 Å². The van der Waals surface area contributed by atoms with Crippen LogP contribution in [0.3, 0.4) is 0 Å². The van der Waals surface area contributed by atoms with Gasteiger partial charge in [0.15, 0.2) is 5.17 Å². The monoisotopic (exact) mass is 326 g/mol. The second kappa shape index (κ2) is 6.13. The zero-order chi connectivity index (χ0) is 15.8. The minimum Gasteiger partial charge on any atom is -0.319 e. The Morgan fingerprint density at radius 2 is 1.91 bits per heavy atom. The van der Waals surface area contributed by atoms with E-state index < -0.39 is 0 Å². The lowest BCUT2D eigenvalue weighted by atomic mass is 10.0. The molecule has 3 aliphatic rings. The van der Waals surface area contributed by atoms with Crippen molar-refractivity contribution in [1.29, 1.82) is 10.8 Å². The standard InChI is InChI=1S/C18H22N4S/c19-17-16(23-18(20)21-17)11-12-4-6-13(7-5-12)15-9-8-14-3-1-2-10-22(14)15/h4-7,11,14-15H,1-3,8-10H2,(H3,19,20,21)/b16-11-/t14-,15-/m1/s1. The van der Waals surface area contributed by atoms with E-state index in [1.807, 2.05) is 6.08 Å². The first kappa shape index (κ1) is 15.0. The summed E-state index contributed by atoms with van der Waals surface area (Å²) in [4.78, 5) is 3.53. The number of thioether (sulfide) groups is 1. The summed E-state index contributed by atoms with van der Waals surface area (Å²) in [6.45, 7) is 1.25. The maximum atomic E-state index is 7.82. The molecule has 0 radical (unpaired) electrons. The predicted octanol–water partition coefficient (Wildman–Crippen LogP) is 3.97. The first-order valence-electron chi connectivity index (χ1n) is 8.40. The molecule has 1 aromatic rings. The third kappa shape index (κ3) is 2.95. The van der Waals surface area contributed by atoms with Crippen LogP contribution in [0.25, 0.3) is 6.08 Å². The van der Waals surface area contributed by atoms with Crippen LogP contribution >= 0.6 is 11.8 Å². The van der Waals surface area contributed by atoms with Crippen molar-refractivity contribution in [3.8, 4) is 0 Å². The molecule has 0 bridgehead atoms. The van der Waals surface area contributed by atoms with Gasteiger partial charge in [-0.1, -0.05) is 30.7 Å². The molecule has 0 amide bonds. The third-order valence-corrected chi connectivity index (χ3v) is 6.01. The van der Waals surface area contributed by atoms with E-state index >= 15 is 0 Å². The van der Waals surface area contributed by atoms with Crippen molar-refractivity contribution in [2.45, 2.75) is 44.2 Å². The molecule has 3 heterocycles. The summed E-state index contributed by atoms with van der Waals surface area (Å²) < 4.78 is 0. The summed E-state index contributed by atoms with van der Waals surface area (Å²) in [5, 5.41) is 18.5. The normalized spacial score (nSPS) is 29.8. The maximum Gasteiger partial charge on any atom is 0.164 e. The van der Waals surface area contributed by atoms with Crippen molar-refractivity contribution in [3.05, 3.63) is 40.3 Å². The minimum absolute atomic E-state index is 0.330. The lowest BCUT2D eigenvalue weighted by molar-refractivity contribution is 0.150. The van der Waals surface area contributed by atoms with Crippen LogP contribution in [0.4, 0.5) is 0 Å². The number of rotatable bonds is 2. The van der Waals surface area contributed by atoms with E-state index in [1.165, 1.54) is 56.0 Å². The summed E-state index contributed by atoms with van der Waals surface area (Å²) in [6.07, 6.45) is 8.73. The zero-order valence-electron chi connectivity index (χ0n) is 13.1. The number of nitrogens with zero attached hydrogens (tertiary/aromatic N) is 1. The Morgan fingerprint density at radius 1 is 1.09 bits per heavy atom. The average Bonchev–Trinajstić information content (AvgIpc) is 3.12. The Balaban J connectivity index is 1.51. The van der Waals surface area contributed by atoms with Gasteiger partial charge in [-0.3, -0.25) is 15.7 Å². The summed E-state index contributed by atoms with van der Waals surface area (Å²) in [6, 6.07) is 10.2. The first-order chi connectivity index (χ1) is 11.2. The molecule has 0 unspecified atom stereocenters. The number of hydrogen-bond acceptors (Lipinski definition) is 4. The van der Waals surface area contributed by atoms with Crippen LogP contribution in [0.15, 0.2) is 29.2 Å². The van der Waals surface area contributed by atoms with Crippen LogP contribution in [0.2, 0.25) is 0 Å². The molecule has 3 saturated heterocycles. The van der Waals surface area contributed by atoms with Crippen LogP contribution in [0, 0.1) is 10.8 Å². The SMILES string of the molecule is N=C1NC(=N)/C(=C/c2ccc([C@H]3CC[C@H]4CCCCN43)cc2)S1. The molecule has 120 valence electrons. The van der Waals surface area contributed by atoms with Crippen molar-refractivity contribution in [2.75, 3.05) is 6.54 Å². The van der Waals surface area contributed by atoms with Crippen LogP contribution in [-0.4, -0.2) is 28.5 Å². The maximum absolute atomic E-state index is 7.82. The summed E-state index contributed by atoms with van der Waals surface area (Å²) in [7, 11) is 0. The van der Waals surface area contributed by atoms with Crippen LogP contribution in [0.1, 0.15) is 49.3 Å². The number of hydrogen-bond donors (Lipinski definition) is 3. The molecular formula is C18H22N4S. The fourth-order valence-electron chi connectivity index (χ4n) is 4.05. The highest BCUT2D eigenvalue weighted by molar-refractivity contribution is 8.18. The molecule has 2 atom stereocenters. The molecule has 3 aliphatic heterocycles. The fraction of sp³-hybridized carbons (Fsp3) is 0.444. The van der Waals surface area contributed by atoms with Crippen LogP contribution < -0.4 is 5.32 Å². The van der Waals surface area contributed by atoms with E-state index in [9.17, 15) is 0 Å². The highest BCUT2D eigenvalue weighted by atomic mass is 32.2. The van der Waals surface area contributed by atoms with Gasteiger partial charge in [-0.15, -0.1) is 0 Å². The van der Waals surface area contributed by atoms with Gasteiger partial charge in [0.25, 0.3) is 0 Å². The van der Waals surface area contributed by atoms with Crippen molar-refractivity contribution >= 4 is 28.8 Å². The number of fused-ring (bicyclic) bond motifs is 1. The van der Waals surface area contributed by atoms with E-state index in [4.69, 9.17) is 10.8 Å². The molecule has 1 aromatic carbocycles. The van der Waals surface area contributed by atoms with Crippen LogP contribution in [0.5, 0.6) is 0 Å². The molecule has 4 nitrogen and oxygen atoms in total. The van der Waals surface area contributed by atoms with Crippen molar-refractivity contribution in [2.24, 2.45) is 0 Å². The van der Waals surface area contributed by atoms with Gasteiger partial charge in [-0.25, -0.2) is 0 Å². The Hall–Kier alpha value is -1.59. The molecule has 23 heavy (non-hydrogen) atoms. The minimum atomic E-state index is 0.330. The Bertz CT molecular complexity index is 664. The van der Waals surface area contributed by atoms with Crippen molar-refractivity contribution in [3.63, 3.8) is 0 Å². The van der Waals surface area contributed by atoms with Gasteiger partial charge in [0.05, 0.1) is 4.91 Å². The highest BCUT2D eigenvalue weighted by Crippen LogP contribution is 2.40. The van der Waals surface area contributed by atoms with Gasteiger partial charge in [0.2, 0.25) is 0 Å². The topological polar surface area (TPSA) is 63.0 Å². The lowest BCUT2D eigenvalue weighted by Gasteiger charge is -2.34. The van der Waals surface area contributed by atoms with E-state index in [1.54, 1.807) is 0 Å². The fourth-order valence-corrected chi connectivity index (χ4v) is 4.77. The molecule has 4 rings (SSSR count). The molecule has 3 fully saturated rings. The van der Waals surface area contributed by atoms with E-state index in [2.05, 4.69) is 34.5 Å². The van der Waals surface area contributed by atoms with Gasteiger partial charge in [-0.2, -0.15) is 0 Å². The second-order valence-corrected chi connectivity index (χ2v) is 7.64. The summed E-state index contributed by atoms with van der Waals surface area (Å²) >= 11 is 1.31. The molecule has 5 heteroatoms. The Kier molecular flexibility index (Phi) is 3.99. The summed E-state index contributed by atoms with van der Waals surface area (Å²) in [5.41, 5.74) is 2.53. The molecule has 0 aliphatic carbocycles. The van der Waals surface area contributed by atoms with Gasteiger partial charge < -0.3 is 5.32 Å². The number of piperidine rings is 1. The zero-order valence-corrected chi connectivity index (χ0v) is 14.0. The third-order valence-electron chi connectivity index (χ3n) is 5.16. The molecule has 0 aromatic heterocycles. The largest absolute Gasteiger partial charge is 0.319 e. The molecule has 0 spiro atoms. The van der Waals surface area contributed by atoms with Gasteiger partial charge in [0, 0.05) is 12.1 Å². The Morgan fingerprint density at radius 3 is 2.65 bits per heavy atom. The smallest absolute Gasteiger partial charge is 0.164 e. The first-order valence-corrected chi connectivity index (χ1v) is 9.22. The lowest BCUT2D eigenvalue weighted by Crippen LogP contribution is -2.35.